The molecule has 0 radical (unpaired) electrons. The topological polar surface area (TPSA) is 129 Å². The van der Waals surface area contributed by atoms with Crippen LogP contribution < -0.4 is 18.9 Å². The van der Waals surface area contributed by atoms with Crippen molar-refractivity contribution in [2.75, 3.05) is 14.2 Å². The van der Waals surface area contributed by atoms with Gasteiger partial charge < -0.3 is 18.9 Å². The molecule has 2 N–H and O–H groups in total. The predicted octanol–water partition coefficient (Wildman–Crippen LogP) is 14.8. The van der Waals surface area contributed by atoms with Crippen LogP contribution in [0, 0.1) is 23.3 Å². The SMILES string of the molecule is C=CC(=O)OC.CC(C)(C)[S@@](=O)N[C@@](Cc1ccccc1)(c1cc(F)cc(OC(F)(F)C(F)F)c1)c1ccc(F)c(Br)c1.COC(=O)/C=C/c1cc([C@@](Cc2ccccc2)(N[S@](=O)C(C)(C)C)c2cc(F)cc(OC(F)(F)C(F)F)c2)ccc1F. The van der Waals surface area contributed by atoms with E-state index in [1.54, 1.807) is 102 Å². The van der Waals surface area contributed by atoms with Gasteiger partial charge in [0.15, 0.2) is 0 Å². The Morgan fingerprint density at radius 1 is 0.553 bits per heavy atom. The highest BCUT2D eigenvalue weighted by atomic mass is 79.9. The number of halogens is 13. The van der Waals surface area contributed by atoms with Crippen molar-refractivity contribution >= 4 is 55.9 Å². The maximum absolute atomic E-state index is 15.0. The summed E-state index contributed by atoms with van der Waals surface area (Å²) in [6, 6.07) is 29.9. The van der Waals surface area contributed by atoms with Gasteiger partial charge in [0.2, 0.25) is 0 Å². The lowest BCUT2D eigenvalue weighted by Crippen LogP contribution is -2.50. The molecule has 0 aliphatic rings. The molecule has 460 valence electrons. The van der Waals surface area contributed by atoms with Gasteiger partial charge in [-0.25, -0.2) is 45.0 Å². The Morgan fingerprint density at radius 3 is 1.28 bits per heavy atom. The lowest BCUT2D eigenvalue weighted by Gasteiger charge is -2.38. The fourth-order valence-electron chi connectivity index (χ4n) is 7.62. The van der Waals surface area contributed by atoms with Crippen molar-refractivity contribution in [2.24, 2.45) is 0 Å². The van der Waals surface area contributed by atoms with Crippen LogP contribution in [-0.4, -0.2) is 69.1 Å². The summed E-state index contributed by atoms with van der Waals surface area (Å²) in [6.07, 6.45) is -15.0. The normalized spacial score (nSPS) is 14.2. The molecule has 6 rings (SSSR count). The van der Waals surface area contributed by atoms with Gasteiger partial charge in [-0.2, -0.15) is 35.1 Å². The van der Waals surface area contributed by atoms with Crippen LogP contribution in [0.2, 0.25) is 0 Å². The van der Waals surface area contributed by atoms with Crippen molar-refractivity contribution < 1.29 is 89.6 Å². The van der Waals surface area contributed by atoms with Gasteiger partial charge in [-0.1, -0.05) is 79.4 Å². The standard InChI is InChI=1S/C30H29F6NO4S.C26H24BrF6NO2S.C4H6O2/c1-28(2,3)42(39)37-29(18-19-8-6-5-7-9-19,21-11-12-25(32)20(14-21)10-13-26(38)40-4)22-15-23(31)17-24(16-22)41-30(35,36)27(33)34;1-24(2,3)37(35)34-25(15-16-7-5-4-6-8-16,17-9-10-22(29)21(27)13-17)18-11-19(28)14-20(12-18)36-26(32,33)23(30)31;1-3-4(5)6-2/h5-17,27,37H,18H2,1-4H3;4-14,23,34H,15H2,1-3H3;3H,1H2,2H3/b13-10+;;/t29-,42-;25-,37-;/m11./s1. The predicted molar refractivity (Wildman–Crippen MR) is 304 cm³/mol. The third-order valence-electron chi connectivity index (χ3n) is 11.9. The molecule has 0 bridgehead atoms. The van der Waals surface area contributed by atoms with E-state index in [2.05, 4.69) is 50.9 Å². The van der Waals surface area contributed by atoms with Gasteiger partial charge in [0.05, 0.1) is 61.2 Å². The van der Waals surface area contributed by atoms with Crippen molar-refractivity contribution in [3.8, 4) is 11.5 Å². The van der Waals surface area contributed by atoms with Crippen LogP contribution >= 0.6 is 15.9 Å². The molecular formula is C60H59BrF12N2O8S2. The molecule has 85 heavy (non-hydrogen) atoms. The summed E-state index contributed by atoms with van der Waals surface area (Å²) in [5.74, 6) is -6.45. The van der Waals surface area contributed by atoms with Crippen molar-refractivity contribution in [1.82, 2.24) is 9.44 Å². The molecular weight excluding hydrogens is 1250 g/mol. The Kier molecular flexibility index (Phi) is 25.0. The molecule has 25 heteroatoms. The Labute approximate surface area is 497 Å². The monoisotopic (exact) mass is 1310 g/mol. The zero-order chi connectivity index (χ0) is 63.9. The van der Waals surface area contributed by atoms with Crippen molar-refractivity contribution in [2.45, 2.75) is 100 Å². The summed E-state index contributed by atoms with van der Waals surface area (Å²) in [6.45, 7) is 13.2. The van der Waals surface area contributed by atoms with Gasteiger partial charge in [0, 0.05) is 29.8 Å². The van der Waals surface area contributed by atoms with Gasteiger partial charge in [-0.05, 0) is 158 Å². The van der Waals surface area contributed by atoms with E-state index in [1.807, 2.05) is 0 Å². The number of esters is 2. The van der Waals surface area contributed by atoms with Crippen LogP contribution in [0.3, 0.4) is 0 Å². The summed E-state index contributed by atoms with van der Waals surface area (Å²) in [5.41, 5.74) is -1.84. The minimum atomic E-state index is -4.93. The largest absolute Gasteiger partial charge is 0.466 e. The minimum Gasteiger partial charge on any atom is -0.466 e. The highest BCUT2D eigenvalue weighted by molar-refractivity contribution is 9.10. The van der Waals surface area contributed by atoms with E-state index in [0.29, 0.717) is 28.8 Å². The number of carbonyl (C=O) groups is 2. The Morgan fingerprint density at radius 2 is 0.941 bits per heavy atom. The molecule has 0 aliphatic heterocycles. The fraction of sp³-hybridized carbons (Fsp3) is 0.300. The summed E-state index contributed by atoms with van der Waals surface area (Å²) < 4.78 is 214. The zero-order valence-corrected chi connectivity index (χ0v) is 49.9. The molecule has 0 aromatic heterocycles. The molecule has 0 fully saturated rings. The van der Waals surface area contributed by atoms with E-state index < -0.39 is 114 Å². The number of hydrogen-bond donors (Lipinski definition) is 2. The number of nitrogens with one attached hydrogen (secondary N) is 2. The molecule has 6 aromatic rings. The minimum absolute atomic E-state index is 0.00185. The van der Waals surface area contributed by atoms with E-state index in [4.69, 9.17) is 0 Å². The van der Waals surface area contributed by atoms with Gasteiger partial charge in [-0.3, -0.25) is 0 Å². The summed E-state index contributed by atoms with van der Waals surface area (Å²) in [4.78, 5) is 21.5. The molecule has 0 aliphatic carbocycles. The quantitative estimate of drug-likeness (QED) is 0.0414. The molecule has 10 nitrogen and oxygen atoms in total. The maximum atomic E-state index is 15.0. The zero-order valence-electron chi connectivity index (χ0n) is 46.7. The third kappa shape index (κ3) is 19.9. The Hall–Kier alpha value is -6.80. The second-order valence-electron chi connectivity index (χ2n) is 20.3. The maximum Gasteiger partial charge on any atom is 0.461 e. The van der Waals surface area contributed by atoms with Crippen molar-refractivity contribution in [3.63, 3.8) is 0 Å². The van der Waals surface area contributed by atoms with Gasteiger partial charge in [-0.15, -0.1) is 0 Å². The first-order chi connectivity index (χ1) is 39.5. The van der Waals surface area contributed by atoms with Gasteiger partial charge in [0.25, 0.3) is 0 Å². The average molecular weight is 1310 g/mol. The van der Waals surface area contributed by atoms with Crippen LogP contribution in [-0.2, 0) is 65.0 Å². The number of ether oxygens (including phenoxy) is 4. The summed E-state index contributed by atoms with van der Waals surface area (Å²) in [5, 5.41) is 0. The van der Waals surface area contributed by atoms with Crippen LogP contribution in [0.1, 0.15) is 80.5 Å². The van der Waals surface area contributed by atoms with Crippen molar-refractivity contribution in [3.05, 3.63) is 219 Å². The Balaban J connectivity index is 0.000000334. The van der Waals surface area contributed by atoms with E-state index in [-0.39, 0.29) is 39.6 Å². The lowest BCUT2D eigenvalue weighted by atomic mass is 9.78. The smallest absolute Gasteiger partial charge is 0.461 e. The second kappa shape index (κ2) is 30.0. The average Bonchev–Trinajstić information content (AvgIpc) is 1.37. The molecule has 0 saturated carbocycles. The number of methoxy groups -OCH3 is 2. The van der Waals surface area contributed by atoms with Gasteiger partial charge in [0.1, 0.15) is 34.8 Å². The number of carbonyl (C=O) groups excluding carboxylic acids is 2. The first-order valence-corrected chi connectivity index (χ1v) is 28.1. The third-order valence-corrected chi connectivity index (χ3v) is 15.8. The fourth-order valence-corrected chi connectivity index (χ4v) is 9.86. The molecule has 0 amide bonds. The highest BCUT2D eigenvalue weighted by Gasteiger charge is 2.47. The molecule has 0 saturated heterocycles. The van der Waals surface area contributed by atoms with E-state index >= 15 is 4.39 Å². The molecule has 0 unspecified atom stereocenters. The van der Waals surface area contributed by atoms with Crippen LogP contribution in [0.5, 0.6) is 11.5 Å². The summed E-state index contributed by atoms with van der Waals surface area (Å²) >= 11 is 3.13. The van der Waals surface area contributed by atoms with Crippen LogP contribution in [0.25, 0.3) is 6.08 Å². The van der Waals surface area contributed by atoms with E-state index in [0.717, 1.165) is 61.7 Å². The number of benzene rings is 6. The highest BCUT2D eigenvalue weighted by Crippen LogP contribution is 2.42. The Bertz CT molecular complexity index is 3330. The first kappa shape index (κ1) is 70.7. The lowest BCUT2D eigenvalue weighted by molar-refractivity contribution is -0.253. The number of rotatable bonds is 21. The molecule has 6 aromatic carbocycles. The first-order valence-electron chi connectivity index (χ1n) is 25.0. The molecule has 4 atom stereocenters. The molecule has 0 heterocycles. The number of alkyl halides is 8. The van der Waals surface area contributed by atoms with Crippen molar-refractivity contribution in [1.29, 1.82) is 0 Å². The van der Waals surface area contributed by atoms with E-state index in [1.165, 1.54) is 31.4 Å². The van der Waals surface area contributed by atoms with E-state index in [9.17, 15) is 66.3 Å². The molecule has 0 spiro atoms. The second-order valence-corrected chi connectivity index (χ2v) is 25.1. The summed E-state index contributed by atoms with van der Waals surface area (Å²) in [7, 11) is -1.29. The number of hydrogen-bond acceptors (Lipinski definition) is 8. The van der Waals surface area contributed by atoms with Crippen LogP contribution in [0.4, 0.5) is 52.7 Å². The van der Waals surface area contributed by atoms with Crippen LogP contribution in [0.15, 0.2) is 157 Å². The van der Waals surface area contributed by atoms with Gasteiger partial charge >= 0.3 is 37.0 Å².